The SMILES string of the molecule is CCN(c1cccc(F)c1)C1(CN)CCN2CCCC21. The summed E-state index contributed by atoms with van der Waals surface area (Å²) in [5.74, 6) is -0.172. The second-order valence-electron chi connectivity index (χ2n) is 5.98. The molecule has 2 fully saturated rings. The molecule has 0 spiro atoms. The Morgan fingerprint density at radius 3 is 3.00 bits per heavy atom. The van der Waals surface area contributed by atoms with E-state index >= 15 is 0 Å². The van der Waals surface area contributed by atoms with Gasteiger partial charge in [0.2, 0.25) is 0 Å². The minimum Gasteiger partial charge on any atom is -0.363 e. The van der Waals surface area contributed by atoms with Crippen molar-refractivity contribution in [1.29, 1.82) is 0 Å². The summed E-state index contributed by atoms with van der Waals surface area (Å²) in [4.78, 5) is 4.90. The summed E-state index contributed by atoms with van der Waals surface area (Å²) in [6.07, 6.45) is 3.55. The Balaban J connectivity index is 1.98. The van der Waals surface area contributed by atoms with Crippen molar-refractivity contribution in [3.8, 4) is 0 Å². The van der Waals surface area contributed by atoms with E-state index in [1.165, 1.54) is 25.5 Å². The van der Waals surface area contributed by atoms with Crippen LogP contribution in [0.3, 0.4) is 0 Å². The Morgan fingerprint density at radius 1 is 1.45 bits per heavy atom. The normalized spacial score (nSPS) is 29.6. The van der Waals surface area contributed by atoms with Crippen molar-refractivity contribution >= 4 is 5.69 Å². The van der Waals surface area contributed by atoms with Crippen LogP contribution >= 0.6 is 0 Å². The van der Waals surface area contributed by atoms with E-state index in [1.807, 2.05) is 6.07 Å². The van der Waals surface area contributed by atoms with E-state index in [-0.39, 0.29) is 11.4 Å². The molecule has 4 heteroatoms. The van der Waals surface area contributed by atoms with Gasteiger partial charge in [0, 0.05) is 31.4 Å². The van der Waals surface area contributed by atoms with Crippen molar-refractivity contribution < 1.29 is 4.39 Å². The Labute approximate surface area is 120 Å². The number of fused-ring (bicyclic) bond motifs is 1. The Bertz CT molecular complexity index is 479. The second kappa shape index (κ2) is 5.34. The lowest BCUT2D eigenvalue weighted by Crippen LogP contribution is -2.60. The van der Waals surface area contributed by atoms with Gasteiger partial charge in [0.15, 0.2) is 0 Å². The Kier molecular flexibility index (Phi) is 3.69. The first-order valence-corrected chi connectivity index (χ1v) is 7.68. The molecule has 20 heavy (non-hydrogen) atoms. The zero-order chi connectivity index (χ0) is 14.2. The first kappa shape index (κ1) is 13.8. The number of halogens is 1. The first-order valence-electron chi connectivity index (χ1n) is 7.68. The highest BCUT2D eigenvalue weighted by Gasteiger charge is 2.51. The molecule has 110 valence electrons. The van der Waals surface area contributed by atoms with Crippen LogP contribution in [0.5, 0.6) is 0 Å². The number of nitrogens with zero attached hydrogens (tertiary/aromatic N) is 2. The predicted octanol–water partition coefficient (Wildman–Crippen LogP) is 2.22. The number of nitrogens with two attached hydrogens (primary N) is 1. The highest BCUT2D eigenvalue weighted by atomic mass is 19.1. The van der Waals surface area contributed by atoms with Gasteiger partial charge in [-0.3, -0.25) is 4.90 Å². The molecule has 0 aliphatic carbocycles. The number of benzene rings is 1. The Hall–Kier alpha value is -1.13. The molecule has 0 saturated carbocycles. The van der Waals surface area contributed by atoms with Gasteiger partial charge in [0.25, 0.3) is 0 Å². The summed E-state index contributed by atoms with van der Waals surface area (Å²) in [5.41, 5.74) is 7.15. The van der Waals surface area contributed by atoms with E-state index in [4.69, 9.17) is 5.73 Å². The Morgan fingerprint density at radius 2 is 2.30 bits per heavy atom. The molecule has 2 aliphatic heterocycles. The second-order valence-corrected chi connectivity index (χ2v) is 5.98. The molecule has 3 rings (SSSR count). The van der Waals surface area contributed by atoms with Crippen molar-refractivity contribution in [2.45, 2.75) is 37.8 Å². The monoisotopic (exact) mass is 277 g/mol. The van der Waals surface area contributed by atoms with Crippen LogP contribution in [0.1, 0.15) is 26.2 Å². The molecule has 2 atom stereocenters. The van der Waals surface area contributed by atoms with Gasteiger partial charge in [-0.2, -0.15) is 0 Å². The maximum Gasteiger partial charge on any atom is 0.125 e. The average molecular weight is 277 g/mol. The van der Waals surface area contributed by atoms with Crippen molar-refractivity contribution in [3.05, 3.63) is 30.1 Å². The van der Waals surface area contributed by atoms with Gasteiger partial charge in [-0.1, -0.05) is 6.07 Å². The minimum absolute atomic E-state index is 0.0287. The van der Waals surface area contributed by atoms with E-state index in [0.29, 0.717) is 12.6 Å². The van der Waals surface area contributed by atoms with E-state index in [1.54, 1.807) is 12.1 Å². The lowest BCUT2D eigenvalue weighted by molar-refractivity contribution is 0.257. The summed E-state index contributed by atoms with van der Waals surface area (Å²) in [5, 5.41) is 0. The van der Waals surface area contributed by atoms with E-state index < -0.39 is 0 Å². The third-order valence-electron chi connectivity index (χ3n) is 5.14. The van der Waals surface area contributed by atoms with Gasteiger partial charge >= 0.3 is 0 Å². The number of hydrogen-bond acceptors (Lipinski definition) is 3. The molecular formula is C16H24FN3. The maximum atomic E-state index is 13.6. The zero-order valence-electron chi connectivity index (χ0n) is 12.2. The number of likely N-dealkylation sites (N-methyl/N-ethyl adjacent to an activating group) is 1. The van der Waals surface area contributed by atoms with Crippen LogP contribution in [0.2, 0.25) is 0 Å². The molecule has 1 aromatic rings. The van der Waals surface area contributed by atoms with Crippen LogP contribution in [0, 0.1) is 5.82 Å². The lowest BCUT2D eigenvalue weighted by atomic mass is 9.86. The fourth-order valence-corrected chi connectivity index (χ4v) is 4.27. The van der Waals surface area contributed by atoms with Gasteiger partial charge in [0.1, 0.15) is 5.82 Å². The number of anilines is 1. The molecule has 1 aromatic carbocycles. The fourth-order valence-electron chi connectivity index (χ4n) is 4.27. The fraction of sp³-hybridized carbons (Fsp3) is 0.625. The molecule has 2 saturated heterocycles. The van der Waals surface area contributed by atoms with Gasteiger partial charge in [-0.15, -0.1) is 0 Å². The molecule has 0 radical (unpaired) electrons. The van der Waals surface area contributed by atoms with Crippen molar-refractivity contribution in [3.63, 3.8) is 0 Å². The van der Waals surface area contributed by atoms with Crippen molar-refractivity contribution in [2.24, 2.45) is 5.73 Å². The summed E-state index contributed by atoms with van der Waals surface area (Å²) in [6.45, 7) is 5.95. The standard InChI is InChI=1S/C16H24FN3/c1-2-20(14-6-3-5-13(17)11-14)16(12-18)8-10-19-9-4-7-15(16)19/h3,5-6,11,15H,2,4,7-10,12,18H2,1H3. The smallest absolute Gasteiger partial charge is 0.125 e. The molecule has 0 bridgehead atoms. The molecule has 2 unspecified atom stereocenters. The topological polar surface area (TPSA) is 32.5 Å². The van der Waals surface area contributed by atoms with Crippen LogP contribution in [0.15, 0.2) is 24.3 Å². The predicted molar refractivity (Wildman–Crippen MR) is 80.4 cm³/mol. The van der Waals surface area contributed by atoms with Gasteiger partial charge < -0.3 is 10.6 Å². The molecule has 2 N–H and O–H groups in total. The summed E-state index contributed by atoms with van der Waals surface area (Å²) < 4.78 is 13.6. The first-order chi connectivity index (χ1) is 9.71. The summed E-state index contributed by atoms with van der Waals surface area (Å²) in [7, 11) is 0. The lowest BCUT2D eigenvalue weighted by Gasteiger charge is -2.45. The molecular weight excluding hydrogens is 253 g/mol. The number of hydrogen-bond donors (Lipinski definition) is 1. The molecule has 2 heterocycles. The quantitative estimate of drug-likeness (QED) is 0.916. The largest absolute Gasteiger partial charge is 0.363 e. The molecule has 0 amide bonds. The van der Waals surface area contributed by atoms with Gasteiger partial charge in [-0.05, 0) is 50.9 Å². The van der Waals surface area contributed by atoms with Crippen LogP contribution in [0.4, 0.5) is 10.1 Å². The highest BCUT2D eigenvalue weighted by Crippen LogP contribution is 2.41. The van der Waals surface area contributed by atoms with Crippen LogP contribution in [0.25, 0.3) is 0 Å². The minimum atomic E-state index is -0.172. The molecule has 0 aromatic heterocycles. The van der Waals surface area contributed by atoms with Gasteiger partial charge in [-0.25, -0.2) is 4.39 Å². The summed E-state index contributed by atoms with van der Waals surface area (Å²) >= 11 is 0. The molecule has 3 nitrogen and oxygen atoms in total. The zero-order valence-corrected chi connectivity index (χ0v) is 12.2. The third-order valence-corrected chi connectivity index (χ3v) is 5.14. The summed E-state index contributed by atoms with van der Waals surface area (Å²) in [6, 6.07) is 7.46. The maximum absolute atomic E-state index is 13.6. The van der Waals surface area contributed by atoms with E-state index in [0.717, 1.165) is 25.2 Å². The van der Waals surface area contributed by atoms with E-state index in [2.05, 4.69) is 16.7 Å². The average Bonchev–Trinajstić information content (AvgIpc) is 3.03. The van der Waals surface area contributed by atoms with Gasteiger partial charge in [0.05, 0.1) is 5.54 Å². The molecule has 2 aliphatic rings. The number of rotatable bonds is 4. The van der Waals surface area contributed by atoms with Crippen LogP contribution in [-0.4, -0.2) is 42.7 Å². The highest BCUT2D eigenvalue weighted by molar-refractivity contribution is 5.51. The van der Waals surface area contributed by atoms with Crippen molar-refractivity contribution in [2.75, 3.05) is 31.1 Å². The van der Waals surface area contributed by atoms with E-state index in [9.17, 15) is 4.39 Å². The third kappa shape index (κ3) is 2.02. The van der Waals surface area contributed by atoms with Crippen LogP contribution < -0.4 is 10.6 Å². The van der Waals surface area contributed by atoms with Crippen molar-refractivity contribution in [1.82, 2.24) is 4.90 Å². The van der Waals surface area contributed by atoms with Crippen LogP contribution in [-0.2, 0) is 0 Å².